The molecule has 3 rings (SSSR count). The van der Waals surface area contributed by atoms with Crippen LogP contribution in [-0.2, 0) is 15.0 Å². The van der Waals surface area contributed by atoms with Crippen LogP contribution in [0.4, 0.5) is 13.2 Å². The highest BCUT2D eigenvalue weighted by Crippen LogP contribution is 2.59. The van der Waals surface area contributed by atoms with Crippen LogP contribution < -0.4 is 10.1 Å². The van der Waals surface area contributed by atoms with Gasteiger partial charge in [0.2, 0.25) is 11.8 Å². The Hall–Kier alpha value is -2.25. The molecule has 5 nitrogen and oxygen atoms in total. The van der Waals surface area contributed by atoms with E-state index in [1.807, 2.05) is 11.8 Å². The minimum Gasteiger partial charge on any atom is -0.406 e. The lowest BCUT2D eigenvalue weighted by Gasteiger charge is -2.34. The number of amides is 2. The van der Waals surface area contributed by atoms with E-state index in [9.17, 15) is 22.8 Å². The first-order valence-electron chi connectivity index (χ1n) is 10.6. The number of halogens is 3. The summed E-state index contributed by atoms with van der Waals surface area (Å²) in [6.07, 6.45) is -0.973. The van der Waals surface area contributed by atoms with Crippen molar-refractivity contribution in [3.63, 3.8) is 0 Å². The molecule has 0 aromatic heterocycles. The highest BCUT2D eigenvalue weighted by Gasteiger charge is 2.58. The minimum absolute atomic E-state index is 0.0514. The van der Waals surface area contributed by atoms with E-state index >= 15 is 0 Å². The molecule has 2 amide bonds. The van der Waals surface area contributed by atoms with Gasteiger partial charge in [-0.3, -0.25) is 9.59 Å². The first kappa shape index (κ1) is 22.4. The van der Waals surface area contributed by atoms with Gasteiger partial charge >= 0.3 is 6.36 Å². The van der Waals surface area contributed by atoms with Crippen LogP contribution in [0.25, 0.3) is 0 Å². The zero-order chi connectivity index (χ0) is 21.9. The molecule has 0 bridgehead atoms. The Morgan fingerprint density at radius 2 is 1.97 bits per heavy atom. The van der Waals surface area contributed by atoms with Gasteiger partial charge in [0.05, 0.1) is 5.92 Å². The van der Waals surface area contributed by atoms with Crippen LogP contribution in [0, 0.1) is 11.8 Å². The molecule has 1 saturated carbocycles. The van der Waals surface area contributed by atoms with Crippen molar-refractivity contribution in [2.75, 3.05) is 19.6 Å². The number of alkyl halides is 3. The molecular formula is C22H29F3N2O3. The summed E-state index contributed by atoms with van der Waals surface area (Å²) in [6, 6.07) is 6.13. The lowest BCUT2D eigenvalue weighted by atomic mass is 9.86. The molecule has 0 radical (unpaired) electrons. The molecule has 1 aromatic rings. The van der Waals surface area contributed by atoms with E-state index < -0.39 is 6.36 Å². The largest absolute Gasteiger partial charge is 0.573 e. The summed E-state index contributed by atoms with van der Waals surface area (Å²) in [7, 11) is 0. The highest BCUT2D eigenvalue weighted by atomic mass is 19.4. The third-order valence-corrected chi connectivity index (χ3v) is 6.33. The average molecular weight is 426 g/mol. The second-order valence-electron chi connectivity index (χ2n) is 8.31. The van der Waals surface area contributed by atoms with E-state index in [0.29, 0.717) is 32.0 Å². The second-order valence-corrected chi connectivity index (χ2v) is 8.31. The molecule has 30 heavy (non-hydrogen) atoms. The smallest absolute Gasteiger partial charge is 0.406 e. The summed E-state index contributed by atoms with van der Waals surface area (Å²) >= 11 is 0. The predicted molar refractivity (Wildman–Crippen MR) is 106 cm³/mol. The van der Waals surface area contributed by atoms with E-state index in [-0.39, 0.29) is 28.9 Å². The number of fused-ring (bicyclic) bond motifs is 1. The summed E-state index contributed by atoms with van der Waals surface area (Å²) < 4.78 is 41.0. The van der Waals surface area contributed by atoms with Gasteiger partial charge in [0, 0.05) is 31.5 Å². The van der Waals surface area contributed by atoms with Gasteiger partial charge in [0.1, 0.15) is 5.75 Å². The van der Waals surface area contributed by atoms with E-state index in [0.717, 1.165) is 31.2 Å². The van der Waals surface area contributed by atoms with Gasteiger partial charge in [-0.25, -0.2) is 0 Å². The molecule has 3 atom stereocenters. The van der Waals surface area contributed by atoms with Crippen molar-refractivity contribution in [1.82, 2.24) is 10.2 Å². The lowest BCUT2D eigenvalue weighted by molar-refractivity contribution is -0.274. The van der Waals surface area contributed by atoms with Gasteiger partial charge in [0.15, 0.2) is 0 Å². The van der Waals surface area contributed by atoms with Gasteiger partial charge in [-0.05, 0) is 42.9 Å². The number of piperidine rings is 1. The molecule has 1 saturated heterocycles. The van der Waals surface area contributed by atoms with Crippen molar-refractivity contribution in [3.8, 4) is 5.75 Å². The number of carbonyl (C=O) groups excluding carboxylic acids is 2. The van der Waals surface area contributed by atoms with E-state index in [1.54, 1.807) is 19.1 Å². The highest BCUT2D eigenvalue weighted by molar-refractivity contribution is 5.81. The topological polar surface area (TPSA) is 58.6 Å². The van der Waals surface area contributed by atoms with Gasteiger partial charge < -0.3 is 15.0 Å². The van der Waals surface area contributed by atoms with Gasteiger partial charge in [-0.15, -0.1) is 13.2 Å². The summed E-state index contributed by atoms with van der Waals surface area (Å²) in [5, 5.41) is 2.84. The molecule has 166 valence electrons. The maximum absolute atomic E-state index is 13.0. The molecule has 2 unspecified atom stereocenters. The normalized spacial score (nSPS) is 24.0. The van der Waals surface area contributed by atoms with Crippen molar-refractivity contribution in [2.45, 2.75) is 57.7 Å². The van der Waals surface area contributed by atoms with E-state index in [1.165, 1.54) is 12.1 Å². The molecule has 8 heteroatoms. The fourth-order valence-electron chi connectivity index (χ4n) is 4.59. The third kappa shape index (κ3) is 5.08. The lowest BCUT2D eigenvalue weighted by Crippen LogP contribution is -2.46. The van der Waals surface area contributed by atoms with Crippen molar-refractivity contribution >= 4 is 11.8 Å². The van der Waals surface area contributed by atoms with Crippen LogP contribution in [0.15, 0.2) is 24.3 Å². The van der Waals surface area contributed by atoms with E-state index in [2.05, 4.69) is 10.1 Å². The molecule has 1 heterocycles. The van der Waals surface area contributed by atoms with Gasteiger partial charge in [-0.1, -0.05) is 32.4 Å². The maximum atomic E-state index is 13.0. The molecule has 1 aliphatic heterocycles. The second kappa shape index (κ2) is 8.86. The van der Waals surface area contributed by atoms with Crippen molar-refractivity contribution < 1.29 is 27.5 Å². The number of carbonyl (C=O) groups is 2. The van der Waals surface area contributed by atoms with Crippen LogP contribution in [-0.4, -0.2) is 42.7 Å². The van der Waals surface area contributed by atoms with Crippen LogP contribution in [0.2, 0.25) is 0 Å². The van der Waals surface area contributed by atoms with Crippen molar-refractivity contribution in [1.29, 1.82) is 0 Å². The number of nitrogens with one attached hydrogen (secondary N) is 1. The Morgan fingerprint density at radius 3 is 2.53 bits per heavy atom. The summed E-state index contributed by atoms with van der Waals surface area (Å²) in [4.78, 5) is 26.5. The standard InChI is InChI=1S/C22H29F3N2O3/c1-3-5-15(13-26-19(28)4-2)20(29)27-11-10-21(12-17(21)14-27)16-6-8-18(9-7-16)30-22(23,24)25/h6-9,15,17H,3-5,10-14H2,1-2H3,(H,26,28)/t15-,17?,21?/m1/s1. The van der Waals surface area contributed by atoms with Gasteiger partial charge in [-0.2, -0.15) is 0 Å². The molecule has 2 fully saturated rings. The quantitative estimate of drug-likeness (QED) is 0.683. The zero-order valence-corrected chi connectivity index (χ0v) is 17.4. The number of ether oxygens (including phenoxy) is 1. The number of hydrogen-bond acceptors (Lipinski definition) is 3. The number of likely N-dealkylation sites (tertiary alicyclic amines) is 1. The molecule has 1 aliphatic carbocycles. The first-order valence-corrected chi connectivity index (χ1v) is 10.6. The van der Waals surface area contributed by atoms with Crippen LogP contribution >= 0.6 is 0 Å². The molecule has 1 aromatic carbocycles. The average Bonchev–Trinajstić information content (AvgIpc) is 3.44. The minimum atomic E-state index is -4.70. The predicted octanol–water partition coefficient (Wildman–Crippen LogP) is 4.02. The Bertz CT molecular complexity index is 766. The van der Waals surface area contributed by atoms with Crippen molar-refractivity contribution in [2.24, 2.45) is 11.8 Å². The van der Waals surface area contributed by atoms with Crippen LogP contribution in [0.1, 0.15) is 51.5 Å². The van der Waals surface area contributed by atoms with E-state index in [4.69, 9.17) is 0 Å². The molecular weight excluding hydrogens is 397 g/mol. The molecule has 0 spiro atoms. The number of hydrogen-bond donors (Lipinski definition) is 1. The van der Waals surface area contributed by atoms with Crippen LogP contribution in [0.3, 0.4) is 0 Å². The zero-order valence-electron chi connectivity index (χ0n) is 17.4. The van der Waals surface area contributed by atoms with Gasteiger partial charge in [0.25, 0.3) is 0 Å². The summed E-state index contributed by atoms with van der Waals surface area (Å²) in [6.45, 7) is 5.45. The molecule has 2 aliphatic rings. The van der Waals surface area contributed by atoms with Crippen molar-refractivity contribution in [3.05, 3.63) is 29.8 Å². The Morgan fingerprint density at radius 1 is 1.27 bits per heavy atom. The number of nitrogens with zero attached hydrogens (tertiary/aromatic N) is 1. The summed E-state index contributed by atoms with van der Waals surface area (Å²) in [5.41, 5.74) is 0.957. The Kier molecular flexibility index (Phi) is 6.62. The Balaban J connectivity index is 1.59. The van der Waals surface area contributed by atoms with Crippen LogP contribution in [0.5, 0.6) is 5.75 Å². The first-order chi connectivity index (χ1) is 14.2. The summed E-state index contributed by atoms with van der Waals surface area (Å²) in [5.74, 6) is -0.0824. The fraction of sp³-hybridized carbons (Fsp3) is 0.636. The number of benzene rings is 1. The number of rotatable bonds is 8. The fourth-order valence-corrected chi connectivity index (χ4v) is 4.59. The third-order valence-electron chi connectivity index (χ3n) is 6.33. The Labute approximate surface area is 175 Å². The molecule has 1 N–H and O–H groups in total. The SMILES string of the molecule is CCC[C@H](CNC(=O)CC)C(=O)N1CCC2(c3ccc(OC(F)(F)F)cc3)CC2C1. The monoisotopic (exact) mass is 426 g/mol. The maximum Gasteiger partial charge on any atom is 0.573 e.